The minimum atomic E-state index is -0.512. The average Bonchev–Trinajstić information content (AvgIpc) is 2.73. The van der Waals surface area contributed by atoms with E-state index in [-0.39, 0.29) is 6.04 Å². The first-order valence-corrected chi connectivity index (χ1v) is 6.33. The molecule has 1 aromatic rings. The van der Waals surface area contributed by atoms with Crippen LogP contribution in [-0.4, -0.2) is 33.9 Å². The van der Waals surface area contributed by atoms with Crippen molar-refractivity contribution in [1.29, 1.82) is 0 Å². The Morgan fingerprint density at radius 2 is 2.26 bits per heavy atom. The fourth-order valence-electron chi connectivity index (χ4n) is 1.57. The molecular formula is C13H21N3O3. The summed E-state index contributed by atoms with van der Waals surface area (Å²) in [7, 11) is 0. The van der Waals surface area contributed by atoms with Gasteiger partial charge in [-0.1, -0.05) is 6.92 Å². The normalized spacial score (nSPS) is 12.8. The van der Waals surface area contributed by atoms with Crippen molar-refractivity contribution in [2.75, 3.05) is 0 Å². The Morgan fingerprint density at radius 3 is 2.74 bits per heavy atom. The lowest BCUT2D eigenvalue weighted by Crippen LogP contribution is -2.40. The maximum absolute atomic E-state index is 11.7. The third-order valence-corrected chi connectivity index (χ3v) is 2.44. The van der Waals surface area contributed by atoms with Crippen molar-refractivity contribution in [3.63, 3.8) is 0 Å². The summed E-state index contributed by atoms with van der Waals surface area (Å²) in [5, 5.41) is 6.86. The fraction of sp³-hybridized carbons (Fsp3) is 0.615. The first kappa shape index (κ1) is 15.2. The molecule has 6 heteroatoms. The molecule has 0 saturated heterocycles. The summed E-state index contributed by atoms with van der Waals surface area (Å²) in [5.74, 6) is 0. The number of nitrogens with one attached hydrogen (secondary N) is 1. The maximum atomic E-state index is 11.7. The Kier molecular flexibility index (Phi) is 5.09. The average molecular weight is 267 g/mol. The number of hydrogen-bond donors (Lipinski definition) is 1. The van der Waals surface area contributed by atoms with Gasteiger partial charge in [-0.15, -0.1) is 0 Å². The number of hydrogen-bond acceptors (Lipinski definition) is 4. The molecule has 0 aliphatic carbocycles. The van der Waals surface area contributed by atoms with Gasteiger partial charge in [0.2, 0.25) is 6.41 Å². The molecular weight excluding hydrogens is 246 g/mol. The van der Waals surface area contributed by atoms with Gasteiger partial charge < -0.3 is 10.1 Å². The number of alkyl carbamates (subject to hydrolysis) is 1. The van der Waals surface area contributed by atoms with E-state index in [9.17, 15) is 9.59 Å². The summed E-state index contributed by atoms with van der Waals surface area (Å²) >= 11 is 0. The van der Waals surface area contributed by atoms with Gasteiger partial charge in [-0.25, -0.2) is 9.48 Å². The van der Waals surface area contributed by atoms with Crippen molar-refractivity contribution in [1.82, 2.24) is 15.1 Å². The molecule has 0 saturated carbocycles. The molecule has 19 heavy (non-hydrogen) atoms. The highest BCUT2D eigenvalue weighted by molar-refractivity contribution is 5.68. The molecule has 1 aromatic heterocycles. The summed E-state index contributed by atoms with van der Waals surface area (Å²) in [6.07, 6.45) is 3.10. The number of nitrogens with zero attached hydrogens (tertiary/aromatic N) is 2. The second kappa shape index (κ2) is 6.36. The highest BCUT2D eigenvalue weighted by Crippen LogP contribution is 2.08. The molecule has 1 N–H and O–H groups in total. The van der Waals surface area contributed by atoms with Crippen LogP contribution in [0, 0.1) is 0 Å². The number of rotatable bonds is 5. The SMILES string of the molecule is CCC(Cc1ccn(C=O)n1)NC(=O)OC(C)(C)C. The summed E-state index contributed by atoms with van der Waals surface area (Å²) in [4.78, 5) is 22.2. The van der Waals surface area contributed by atoms with Crippen molar-refractivity contribution in [2.45, 2.75) is 52.2 Å². The van der Waals surface area contributed by atoms with Crippen LogP contribution >= 0.6 is 0 Å². The molecule has 0 fully saturated rings. The second-order valence-corrected chi connectivity index (χ2v) is 5.35. The number of carbonyl (C=O) groups is 2. The monoisotopic (exact) mass is 267 g/mol. The zero-order valence-electron chi connectivity index (χ0n) is 11.8. The second-order valence-electron chi connectivity index (χ2n) is 5.35. The zero-order valence-corrected chi connectivity index (χ0v) is 11.8. The number of aromatic nitrogens is 2. The molecule has 0 radical (unpaired) electrons. The van der Waals surface area contributed by atoms with Gasteiger partial charge in [0.25, 0.3) is 0 Å². The topological polar surface area (TPSA) is 73.2 Å². The van der Waals surface area contributed by atoms with E-state index in [1.165, 1.54) is 4.68 Å². The predicted octanol–water partition coefficient (Wildman–Crippen LogP) is 1.77. The molecule has 6 nitrogen and oxygen atoms in total. The van der Waals surface area contributed by atoms with Gasteiger partial charge in [0, 0.05) is 18.7 Å². The highest BCUT2D eigenvalue weighted by atomic mass is 16.6. The molecule has 0 spiro atoms. The van der Waals surface area contributed by atoms with E-state index in [1.807, 2.05) is 27.7 Å². The lowest BCUT2D eigenvalue weighted by atomic mass is 10.1. The van der Waals surface area contributed by atoms with E-state index in [4.69, 9.17) is 4.74 Å². The molecule has 106 valence electrons. The molecule has 1 rings (SSSR count). The molecule has 1 amide bonds. The van der Waals surface area contributed by atoms with Crippen molar-refractivity contribution < 1.29 is 14.3 Å². The number of carbonyl (C=O) groups excluding carboxylic acids is 2. The summed E-state index contributed by atoms with van der Waals surface area (Å²) in [6, 6.07) is 1.69. The van der Waals surface area contributed by atoms with Crippen LogP contribution in [0.15, 0.2) is 12.3 Å². The molecule has 1 unspecified atom stereocenters. The van der Waals surface area contributed by atoms with Gasteiger partial charge in [-0.3, -0.25) is 4.79 Å². The van der Waals surface area contributed by atoms with Crippen LogP contribution < -0.4 is 5.32 Å². The maximum Gasteiger partial charge on any atom is 0.407 e. The number of amides is 1. The van der Waals surface area contributed by atoms with Gasteiger partial charge in [0.1, 0.15) is 5.60 Å². The van der Waals surface area contributed by atoms with Crippen molar-refractivity contribution in [3.8, 4) is 0 Å². The van der Waals surface area contributed by atoms with Crippen LogP contribution in [0.25, 0.3) is 0 Å². The Hall–Kier alpha value is -1.85. The highest BCUT2D eigenvalue weighted by Gasteiger charge is 2.19. The van der Waals surface area contributed by atoms with Crippen molar-refractivity contribution in [2.24, 2.45) is 0 Å². The first-order valence-electron chi connectivity index (χ1n) is 6.33. The summed E-state index contributed by atoms with van der Waals surface area (Å²) in [5.41, 5.74) is 0.247. The van der Waals surface area contributed by atoms with Crippen LogP contribution in [0.5, 0.6) is 0 Å². The lowest BCUT2D eigenvalue weighted by molar-refractivity contribution is 0.0502. The lowest BCUT2D eigenvalue weighted by Gasteiger charge is -2.22. The fourth-order valence-corrected chi connectivity index (χ4v) is 1.57. The Morgan fingerprint density at radius 1 is 1.58 bits per heavy atom. The summed E-state index contributed by atoms with van der Waals surface area (Å²) < 4.78 is 6.41. The Labute approximate surface area is 113 Å². The molecule has 0 aliphatic rings. The van der Waals surface area contributed by atoms with Crippen molar-refractivity contribution >= 4 is 12.5 Å². The minimum absolute atomic E-state index is 0.0650. The Balaban J connectivity index is 2.54. The molecule has 1 atom stereocenters. The third kappa shape index (κ3) is 5.54. The van der Waals surface area contributed by atoms with Gasteiger partial charge in [-0.2, -0.15) is 5.10 Å². The van der Waals surface area contributed by atoms with Gasteiger partial charge in [0.15, 0.2) is 0 Å². The van der Waals surface area contributed by atoms with Crippen LogP contribution in [0.3, 0.4) is 0 Å². The third-order valence-electron chi connectivity index (χ3n) is 2.44. The quantitative estimate of drug-likeness (QED) is 0.825. The van der Waals surface area contributed by atoms with Crippen molar-refractivity contribution in [3.05, 3.63) is 18.0 Å². The Bertz CT molecular complexity index is 435. The van der Waals surface area contributed by atoms with E-state index in [2.05, 4.69) is 10.4 Å². The smallest absolute Gasteiger partial charge is 0.407 e. The van der Waals surface area contributed by atoms with E-state index in [0.29, 0.717) is 12.8 Å². The zero-order chi connectivity index (χ0) is 14.5. The first-order chi connectivity index (χ1) is 8.84. The van der Waals surface area contributed by atoms with E-state index >= 15 is 0 Å². The van der Waals surface area contributed by atoms with Crippen LogP contribution in [0.4, 0.5) is 4.79 Å². The van der Waals surface area contributed by atoms with Crippen LogP contribution in [0.2, 0.25) is 0 Å². The van der Waals surface area contributed by atoms with E-state index < -0.39 is 11.7 Å². The van der Waals surface area contributed by atoms with E-state index in [1.54, 1.807) is 12.3 Å². The molecule has 0 aliphatic heterocycles. The molecule has 1 heterocycles. The molecule has 0 aromatic carbocycles. The van der Waals surface area contributed by atoms with E-state index in [0.717, 1.165) is 12.1 Å². The minimum Gasteiger partial charge on any atom is -0.444 e. The predicted molar refractivity (Wildman–Crippen MR) is 71.5 cm³/mol. The van der Waals surface area contributed by atoms with Gasteiger partial charge in [0.05, 0.1) is 5.69 Å². The van der Waals surface area contributed by atoms with Crippen LogP contribution in [-0.2, 0) is 16.0 Å². The largest absolute Gasteiger partial charge is 0.444 e. The number of ether oxygens (including phenoxy) is 1. The standard InChI is InChI=1S/C13H21N3O3/c1-5-10(14-12(18)19-13(2,3)4)8-11-6-7-16(9-17)15-11/h6-7,9-10H,5,8H2,1-4H3,(H,14,18). The van der Waals surface area contributed by atoms with Gasteiger partial charge >= 0.3 is 6.09 Å². The molecule has 0 bridgehead atoms. The van der Waals surface area contributed by atoms with Crippen LogP contribution in [0.1, 0.15) is 39.8 Å². The summed E-state index contributed by atoms with van der Waals surface area (Å²) in [6.45, 7) is 7.43. The van der Waals surface area contributed by atoms with Gasteiger partial charge in [-0.05, 0) is 33.3 Å².